The highest BCUT2D eigenvalue weighted by Crippen LogP contribution is 2.07. The summed E-state index contributed by atoms with van der Waals surface area (Å²) < 4.78 is 6.00. The highest BCUT2D eigenvalue weighted by atomic mass is 16.5. The van der Waals surface area contributed by atoms with Gasteiger partial charge in [-0.1, -0.05) is 0 Å². The molecule has 112 valence electrons. The van der Waals surface area contributed by atoms with E-state index < -0.39 is 5.97 Å². The third-order valence-corrected chi connectivity index (χ3v) is 2.68. The van der Waals surface area contributed by atoms with Crippen molar-refractivity contribution < 1.29 is 14.3 Å². The molecule has 8 heteroatoms. The maximum Gasteiger partial charge on any atom is 0.378 e. The zero-order valence-corrected chi connectivity index (χ0v) is 12.5. The molecular weight excluding hydrogens is 262 g/mol. The number of amides is 1. The van der Waals surface area contributed by atoms with Crippen LogP contribution in [0.1, 0.15) is 45.2 Å². The maximum atomic E-state index is 12.3. The quantitative estimate of drug-likeness (QED) is 0.706. The lowest BCUT2D eigenvalue weighted by molar-refractivity contribution is -0.135. The molecule has 20 heavy (non-hydrogen) atoms. The van der Waals surface area contributed by atoms with Crippen molar-refractivity contribution in [2.45, 2.75) is 53.2 Å². The Morgan fingerprint density at radius 2 is 1.85 bits per heavy atom. The van der Waals surface area contributed by atoms with E-state index in [1.54, 1.807) is 11.8 Å². The number of rotatable bonds is 6. The number of hydrogen-bond donors (Lipinski definition) is 0. The van der Waals surface area contributed by atoms with Crippen LogP contribution in [0.25, 0.3) is 0 Å². The van der Waals surface area contributed by atoms with Gasteiger partial charge in [0.25, 0.3) is 5.82 Å². The maximum absolute atomic E-state index is 12.3. The molecule has 0 N–H and O–H groups in total. The number of nitrogens with zero attached hydrogens (tertiary/aromatic N) is 5. The lowest BCUT2D eigenvalue weighted by Crippen LogP contribution is -2.44. The van der Waals surface area contributed by atoms with Gasteiger partial charge >= 0.3 is 5.97 Å². The molecule has 1 aromatic heterocycles. The second kappa shape index (κ2) is 6.97. The smallest absolute Gasteiger partial charge is 0.378 e. The average Bonchev–Trinajstić information content (AvgIpc) is 2.76. The van der Waals surface area contributed by atoms with Crippen molar-refractivity contribution in [3.63, 3.8) is 0 Å². The molecule has 1 heterocycles. The third kappa shape index (κ3) is 3.75. The SMILES string of the molecule is CCOC(=O)c1nnnn1CC(=O)N(C(C)C)C(C)C. The summed E-state index contributed by atoms with van der Waals surface area (Å²) in [6.07, 6.45) is 0. The van der Waals surface area contributed by atoms with Crippen molar-refractivity contribution in [3.05, 3.63) is 5.82 Å². The van der Waals surface area contributed by atoms with Crippen LogP contribution in [0.2, 0.25) is 0 Å². The summed E-state index contributed by atoms with van der Waals surface area (Å²) in [5, 5.41) is 10.7. The first-order valence-electron chi connectivity index (χ1n) is 6.62. The van der Waals surface area contributed by atoms with E-state index in [2.05, 4.69) is 15.5 Å². The fraction of sp³-hybridized carbons (Fsp3) is 0.750. The molecule has 0 aromatic carbocycles. The van der Waals surface area contributed by atoms with Gasteiger partial charge in [-0.05, 0) is 45.0 Å². The van der Waals surface area contributed by atoms with Gasteiger partial charge in [0, 0.05) is 12.1 Å². The standard InChI is InChI=1S/C12H21N5O3/c1-6-20-12(19)11-13-14-15-16(11)7-10(18)17(8(2)3)9(4)5/h8-9H,6-7H2,1-5H3. The zero-order valence-electron chi connectivity index (χ0n) is 12.5. The minimum atomic E-state index is -0.633. The number of hydrogen-bond acceptors (Lipinski definition) is 6. The topological polar surface area (TPSA) is 90.2 Å². The molecule has 0 saturated carbocycles. The molecule has 0 bridgehead atoms. The highest BCUT2D eigenvalue weighted by Gasteiger charge is 2.24. The summed E-state index contributed by atoms with van der Waals surface area (Å²) >= 11 is 0. The first-order chi connectivity index (χ1) is 9.38. The monoisotopic (exact) mass is 283 g/mol. The zero-order chi connectivity index (χ0) is 15.3. The number of ether oxygens (including phenoxy) is 1. The number of tetrazole rings is 1. The van der Waals surface area contributed by atoms with Crippen molar-refractivity contribution in [2.24, 2.45) is 0 Å². The highest BCUT2D eigenvalue weighted by molar-refractivity contribution is 5.86. The molecule has 0 radical (unpaired) electrons. The molecule has 0 saturated heterocycles. The van der Waals surface area contributed by atoms with Crippen LogP contribution in [-0.4, -0.2) is 55.7 Å². The predicted molar refractivity (Wildman–Crippen MR) is 70.9 cm³/mol. The summed E-state index contributed by atoms with van der Waals surface area (Å²) in [7, 11) is 0. The average molecular weight is 283 g/mol. The molecule has 0 aliphatic carbocycles. The normalized spacial score (nSPS) is 10.9. The Hall–Kier alpha value is -1.99. The van der Waals surface area contributed by atoms with E-state index >= 15 is 0 Å². The van der Waals surface area contributed by atoms with Crippen LogP contribution in [0.5, 0.6) is 0 Å². The van der Waals surface area contributed by atoms with Crippen LogP contribution in [0, 0.1) is 0 Å². The molecule has 0 unspecified atom stereocenters. The first-order valence-corrected chi connectivity index (χ1v) is 6.62. The minimum absolute atomic E-state index is 0.0602. The summed E-state index contributed by atoms with van der Waals surface area (Å²) in [6.45, 7) is 9.57. The van der Waals surface area contributed by atoms with Crippen molar-refractivity contribution in [1.29, 1.82) is 0 Å². The van der Waals surface area contributed by atoms with Crippen LogP contribution in [0.3, 0.4) is 0 Å². The largest absolute Gasteiger partial charge is 0.460 e. The Bertz CT molecular complexity index is 461. The van der Waals surface area contributed by atoms with E-state index in [0.29, 0.717) is 0 Å². The van der Waals surface area contributed by atoms with E-state index in [0.717, 1.165) is 4.68 Å². The van der Waals surface area contributed by atoms with E-state index in [-0.39, 0.29) is 37.0 Å². The second-order valence-electron chi connectivity index (χ2n) is 4.87. The Labute approximate surface area is 118 Å². The van der Waals surface area contributed by atoms with Crippen molar-refractivity contribution in [1.82, 2.24) is 25.1 Å². The summed E-state index contributed by atoms with van der Waals surface area (Å²) in [5.74, 6) is -0.841. The van der Waals surface area contributed by atoms with Crippen LogP contribution in [0.15, 0.2) is 0 Å². The molecule has 0 spiro atoms. The lowest BCUT2D eigenvalue weighted by Gasteiger charge is -2.30. The molecule has 0 aliphatic heterocycles. The van der Waals surface area contributed by atoms with Crippen molar-refractivity contribution in [3.8, 4) is 0 Å². The summed E-state index contributed by atoms with van der Waals surface area (Å²) in [4.78, 5) is 25.6. The minimum Gasteiger partial charge on any atom is -0.460 e. The van der Waals surface area contributed by atoms with Crippen molar-refractivity contribution in [2.75, 3.05) is 6.61 Å². The summed E-state index contributed by atoms with van der Waals surface area (Å²) in [5.41, 5.74) is 0. The van der Waals surface area contributed by atoms with Crippen LogP contribution in [-0.2, 0) is 16.1 Å². The number of carbonyl (C=O) groups excluding carboxylic acids is 2. The van der Waals surface area contributed by atoms with E-state index in [4.69, 9.17) is 4.74 Å². The van der Waals surface area contributed by atoms with Gasteiger partial charge in [-0.25, -0.2) is 9.48 Å². The van der Waals surface area contributed by atoms with Crippen LogP contribution >= 0.6 is 0 Å². The van der Waals surface area contributed by atoms with Gasteiger partial charge in [0.15, 0.2) is 0 Å². The fourth-order valence-electron chi connectivity index (χ4n) is 2.04. The van der Waals surface area contributed by atoms with E-state index in [1.165, 1.54) is 0 Å². The molecule has 0 aliphatic rings. The fourth-order valence-corrected chi connectivity index (χ4v) is 2.04. The first kappa shape index (κ1) is 16.1. The molecular formula is C12H21N5O3. The predicted octanol–water partition coefficient (Wildman–Crippen LogP) is 0.495. The Morgan fingerprint density at radius 1 is 1.25 bits per heavy atom. The van der Waals surface area contributed by atoms with Gasteiger partial charge in [0.05, 0.1) is 6.61 Å². The Kier molecular flexibility index (Phi) is 5.60. The lowest BCUT2D eigenvalue weighted by atomic mass is 10.2. The van der Waals surface area contributed by atoms with Crippen molar-refractivity contribution >= 4 is 11.9 Å². The van der Waals surface area contributed by atoms with Gasteiger partial charge in [0.1, 0.15) is 6.54 Å². The third-order valence-electron chi connectivity index (χ3n) is 2.68. The molecule has 1 amide bonds. The number of esters is 1. The molecule has 0 fully saturated rings. The molecule has 8 nitrogen and oxygen atoms in total. The van der Waals surface area contributed by atoms with E-state index in [9.17, 15) is 9.59 Å². The number of aromatic nitrogens is 4. The molecule has 1 rings (SSSR count). The van der Waals surface area contributed by atoms with Gasteiger partial charge in [-0.2, -0.15) is 0 Å². The van der Waals surface area contributed by atoms with Gasteiger partial charge in [-0.3, -0.25) is 4.79 Å². The van der Waals surface area contributed by atoms with Crippen LogP contribution in [0.4, 0.5) is 0 Å². The summed E-state index contributed by atoms with van der Waals surface area (Å²) in [6, 6.07) is 0.120. The Balaban J connectivity index is 2.86. The van der Waals surface area contributed by atoms with E-state index in [1.807, 2.05) is 27.7 Å². The molecule has 1 aromatic rings. The Morgan fingerprint density at radius 3 is 2.35 bits per heavy atom. The van der Waals surface area contributed by atoms with Gasteiger partial charge in [-0.15, -0.1) is 5.10 Å². The van der Waals surface area contributed by atoms with Crippen LogP contribution < -0.4 is 0 Å². The number of carbonyl (C=O) groups is 2. The van der Waals surface area contributed by atoms with Gasteiger partial charge in [0.2, 0.25) is 5.91 Å². The van der Waals surface area contributed by atoms with Gasteiger partial charge < -0.3 is 9.64 Å². The molecule has 0 atom stereocenters. The second-order valence-corrected chi connectivity index (χ2v) is 4.87.